The van der Waals surface area contributed by atoms with Crippen molar-refractivity contribution >= 4 is 11.7 Å². The van der Waals surface area contributed by atoms with E-state index >= 15 is 0 Å². The molecule has 26 heavy (non-hydrogen) atoms. The monoisotopic (exact) mass is 369 g/mol. The van der Waals surface area contributed by atoms with E-state index < -0.39 is 0 Å². The first-order valence-corrected chi connectivity index (χ1v) is 10.5. The summed E-state index contributed by atoms with van der Waals surface area (Å²) < 4.78 is 5.87. The van der Waals surface area contributed by atoms with Crippen LogP contribution in [0.25, 0.3) is 0 Å². The Morgan fingerprint density at radius 3 is 2.19 bits per heavy atom. The van der Waals surface area contributed by atoms with Gasteiger partial charge in [-0.3, -0.25) is 9.59 Å². The fourth-order valence-electron chi connectivity index (χ4n) is 3.60. The van der Waals surface area contributed by atoms with Crippen LogP contribution in [-0.2, 0) is 14.3 Å². The minimum Gasteiger partial charge on any atom is -0.394 e. The Morgan fingerprint density at radius 2 is 1.65 bits per heavy atom. The van der Waals surface area contributed by atoms with Crippen LogP contribution in [0.3, 0.4) is 0 Å². The van der Waals surface area contributed by atoms with Crippen LogP contribution >= 0.6 is 0 Å². The number of hydrogen-bond acceptors (Lipinski definition) is 4. The number of Topliss-reactive ketones (excluding diaryl/α,β-unsaturated/α-hetero) is 1. The third-order valence-electron chi connectivity index (χ3n) is 5.09. The van der Waals surface area contributed by atoms with Gasteiger partial charge in [-0.25, -0.2) is 0 Å². The number of ketones is 1. The van der Waals surface area contributed by atoms with Crippen molar-refractivity contribution in [2.75, 3.05) is 19.7 Å². The number of carbonyl (C=O) groups is 2. The van der Waals surface area contributed by atoms with Crippen LogP contribution in [0.2, 0.25) is 0 Å². The third kappa shape index (κ3) is 9.67. The molecule has 2 rings (SSSR count). The topological polar surface area (TPSA) is 66.8 Å². The molecule has 0 spiro atoms. The maximum absolute atomic E-state index is 12.2. The van der Waals surface area contributed by atoms with Gasteiger partial charge in [-0.15, -0.1) is 0 Å². The van der Waals surface area contributed by atoms with E-state index in [0.717, 1.165) is 32.4 Å². The van der Waals surface area contributed by atoms with Crippen LogP contribution in [0.5, 0.6) is 0 Å². The quantitative estimate of drug-likeness (QED) is 0.695. The van der Waals surface area contributed by atoms with Gasteiger partial charge in [0, 0.05) is 44.6 Å². The molecule has 0 aromatic heterocycles. The van der Waals surface area contributed by atoms with Gasteiger partial charge in [0.15, 0.2) is 0 Å². The molecule has 2 aliphatic rings. The summed E-state index contributed by atoms with van der Waals surface area (Å²) in [6, 6.07) is 0. The predicted molar refractivity (Wildman–Crippen MR) is 104 cm³/mol. The maximum Gasteiger partial charge on any atom is 0.222 e. The number of nitrogens with zero attached hydrogens (tertiary/aromatic N) is 1. The lowest BCUT2D eigenvalue weighted by Crippen LogP contribution is -2.40. The fraction of sp³-hybridized carbons (Fsp3) is 0.905. The van der Waals surface area contributed by atoms with Gasteiger partial charge in [-0.1, -0.05) is 26.2 Å². The second-order valence-electron chi connectivity index (χ2n) is 7.80. The van der Waals surface area contributed by atoms with Crippen LogP contribution in [0.1, 0.15) is 85.0 Å². The predicted octanol–water partition coefficient (Wildman–Crippen LogP) is 3.72. The number of rotatable bonds is 7. The van der Waals surface area contributed by atoms with E-state index in [9.17, 15) is 9.59 Å². The first-order chi connectivity index (χ1) is 12.4. The van der Waals surface area contributed by atoms with E-state index in [4.69, 9.17) is 9.84 Å². The molecule has 0 bridgehead atoms. The lowest BCUT2D eigenvalue weighted by atomic mass is 9.91. The van der Waals surface area contributed by atoms with E-state index in [-0.39, 0.29) is 17.9 Å². The second kappa shape index (κ2) is 13.3. The van der Waals surface area contributed by atoms with Crippen molar-refractivity contribution in [1.29, 1.82) is 0 Å². The van der Waals surface area contributed by atoms with Crippen LogP contribution in [0.4, 0.5) is 0 Å². The molecule has 0 unspecified atom stereocenters. The fourth-order valence-corrected chi connectivity index (χ4v) is 3.60. The number of hydrogen-bond donors (Lipinski definition) is 1. The molecule has 0 aromatic rings. The van der Waals surface area contributed by atoms with Crippen molar-refractivity contribution in [3.05, 3.63) is 0 Å². The minimum absolute atomic E-state index is 0.167. The second-order valence-corrected chi connectivity index (χ2v) is 7.80. The Labute approximate surface area is 159 Å². The average Bonchev–Trinajstić information content (AvgIpc) is 2.65. The standard InChI is InChI=1S/C18H31NO3.C3H8O/c1-2-17(20)15-10-12-19(13-11-15)18(21)9-6-14-22-16-7-4-3-5-8-16;1-3(2)4/h15-16H,2-14H2,1H3;3-4H,1-2H3. The summed E-state index contributed by atoms with van der Waals surface area (Å²) in [5.41, 5.74) is 0. The van der Waals surface area contributed by atoms with Gasteiger partial charge in [0.1, 0.15) is 5.78 Å². The lowest BCUT2D eigenvalue weighted by Gasteiger charge is -2.31. The van der Waals surface area contributed by atoms with Crippen LogP contribution in [0, 0.1) is 5.92 Å². The van der Waals surface area contributed by atoms with Crippen molar-refractivity contribution in [2.45, 2.75) is 97.2 Å². The van der Waals surface area contributed by atoms with Crippen molar-refractivity contribution in [2.24, 2.45) is 5.92 Å². The molecule has 1 aliphatic carbocycles. The largest absolute Gasteiger partial charge is 0.394 e. The molecular formula is C21H39NO4. The Balaban J connectivity index is 0.000000765. The lowest BCUT2D eigenvalue weighted by molar-refractivity contribution is -0.135. The van der Waals surface area contributed by atoms with Gasteiger partial charge in [0.25, 0.3) is 0 Å². The Kier molecular flexibility index (Phi) is 11.8. The molecule has 1 saturated heterocycles. The normalized spacial score (nSPS) is 19.2. The first-order valence-electron chi connectivity index (χ1n) is 10.5. The summed E-state index contributed by atoms with van der Waals surface area (Å²) in [5.74, 6) is 0.770. The number of likely N-dealkylation sites (tertiary alicyclic amines) is 1. The molecule has 1 aliphatic heterocycles. The van der Waals surface area contributed by atoms with Crippen molar-refractivity contribution < 1.29 is 19.4 Å². The van der Waals surface area contributed by atoms with Gasteiger partial charge in [0.05, 0.1) is 6.10 Å². The number of carbonyl (C=O) groups excluding carboxylic acids is 2. The van der Waals surface area contributed by atoms with Gasteiger partial charge < -0.3 is 14.7 Å². The Hall–Kier alpha value is -0.940. The van der Waals surface area contributed by atoms with Crippen LogP contribution < -0.4 is 0 Å². The van der Waals surface area contributed by atoms with Crippen molar-refractivity contribution in [3.63, 3.8) is 0 Å². The summed E-state index contributed by atoms with van der Waals surface area (Å²) in [7, 11) is 0. The number of ether oxygens (including phenoxy) is 1. The molecule has 5 heteroatoms. The molecule has 0 radical (unpaired) electrons. The van der Waals surface area contributed by atoms with Crippen LogP contribution in [-0.4, -0.2) is 53.6 Å². The van der Waals surface area contributed by atoms with E-state index in [1.807, 2.05) is 11.8 Å². The van der Waals surface area contributed by atoms with E-state index in [2.05, 4.69) is 0 Å². The van der Waals surface area contributed by atoms with Crippen LogP contribution in [0.15, 0.2) is 0 Å². The third-order valence-corrected chi connectivity index (χ3v) is 5.09. The highest BCUT2D eigenvalue weighted by molar-refractivity contribution is 5.81. The molecule has 0 atom stereocenters. The molecule has 2 fully saturated rings. The van der Waals surface area contributed by atoms with Gasteiger partial charge >= 0.3 is 0 Å². The number of aliphatic hydroxyl groups is 1. The smallest absolute Gasteiger partial charge is 0.222 e. The summed E-state index contributed by atoms with van der Waals surface area (Å²) >= 11 is 0. The van der Waals surface area contributed by atoms with Crippen molar-refractivity contribution in [3.8, 4) is 0 Å². The summed E-state index contributed by atoms with van der Waals surface area (Å²) in [6.45, 7) is 7.57. The maximum atomic E-state index is 12.2. The minimum atomic E-state index is -0.167. The van der Waals surface area contributed by atoms with E-state index in [0.29, 0.717) is 31.3 Å². The van der Waals surface area contributed by atoms with Crippen molar-refractivity contribution in [1.82, 2.24) is 4.90 Å². The van der Waals surface area contributed by atoms with Gasteiger partial charge in [0.2, 0.25) is 5.91 Å². The zero-order valence-electron chi connectivity index (χ0n) is 17.0. The summed E-state index contributed by atoms with van der Waals surface area (Å²) in [4.78, 5) is 25.8. The highest BCUT2D eigenvalue weighted by Crippen LogP contribution is 2.21. The summed E-state index contributed by atoms with van der Waals surface area (Å²) in [6.07, 6.45) is 10.3. The summed E-state index contributed by atoms with van der Waals surface area (Å²) in [5, 5.41) is 8.06. The molecule has 152 valence electrons. The molecule has 5 nitrogen and oxygen atoms in total. The Morgan fingerprint density at radius 1 is 1.08 bits per heavy atom. The first kappa shape index (κ1) is 23.1. The average molecular weight is 370 g/mol. The van der Waals surface area contributed by atoms with Gasteiger partial charge in [-0.05, 0) is 46.0 Å². The zero-order valence-corrected chi connectivity index (χ0v) is 17.0. The molecule has 1 N–H and O–H groups in total. The molecule has 1 saturated carbocycles. The SMILES string of the molecule is CC(C)O.CCC(=O)C1CCN(C(=O)CCCOC2CCCCC2)CC1. The number of amides is 1. The Bertz CT molecular complexity index is 394. The molecule has 0 aromatic carbocycles. The molecule has 1 amide bonds. The highest BCUT2D eigenvalue weighted by Gasteiger charge is 2.26. The van der Waals surface area contributed by atoms with E-state index in [1.54, 1.807) is 13.8 Å². The van der Waals surface area contributed by atoms with E-state index in [1.165, 1.54) is 32.1 Å². The molecular weight excluding hydrogens is 330 g/mol. The number of aliphatic hydroxyl groups excluding tert-OH is 1. The van der Waals surface area contributed by atoms with Gasteiger partial charge in [-0.2, -0.15) is 0 Å². The number of piperidine rings is 1. The highest BCUT2D eigenvalue weighted by atomic mass is 16.5. The zero-order chi connectivity index (χ0) is 19.4. The molecule has 1 heterocycles.